The van der Waals surface area contributed by atoms with Crippen molar-refractivity contribution in [2.75, 3.05) is 17.3 Å². The minimum atomic E-state index is -0.366. The average molecular weight is 345 g/mol. The molecular formula is C21H19N3O2. The SMILES string of the molecule is COc1ccc(N2C(=O)c3cccnc3C2Nc2ccc(C)cc2)cc1. The molecule has 3 aromatic rings. The van der Waals surface area contributed by atoms with Crippen molar-refractivity contribution in [1.82, 2.24) is 4.98 Å². The first-order valence-electron chi connectivity index (χ1n) is 8.43. The van der Waals surface area contributed by atoms with Crippen LogP contribution in [0.2, 0.25) is 0 Å². The van der Waals surface area contributed by atoms with E-state index in [4.69, 9.17) is 4.74 Å². The quantitative estimate of drug-likeness (QED) is 0.771. The molecule has 1 atom stereocenters. The third-order valence-electron chi connectivity index (χ3n) is 4.51. The number of carbonyl (C=O) groups excluding carboxylic acids is 1. The summed E-state index contributed by atoms with van der Waals surface area (Å²) < 4.78 is 5.22. The van der Waals surface area contributed by atoms with E-state index in [1.165, 1.54) is 5.56 Å². The van der Waals surface area contributed by atoms with Crippen molar-refractivity contribution in [2.45, 2.75) is 13.1 Å². The van der Waals surface area contributed by atoms with Crippen LogP contribution in [0.15, 0.2) is 66.9 Å². The number of benzene rings is 2. The van der Waals surface area contributed by atoms with Crippen molar-refractivity contribution >= 4 is 17.3 Å². The van der Waals surface area contributed by atoms with Gasteiger partial charge in [-0.2, -0.15) is 0 Å². The van der Waals surface area contributed by atoms with Gasteiger partial charge in [0, 0.05) is 17.6 Å². The molecule has 0 spiro atoms. The Balaban J connectivity index is 1.75. The van der Waals surface area contributed by atoms with Crippen LogP contribution in [0.5, 0.6) is 5.75 Å². The van der Waals surface area contributed by atoms with Gasteiger partial charge in [0.25, 0.3) is 5.91 Å². The van der Waals surface area contributed by atoms with E-state index in [9.17, 15) is 4.79 Å². The Morgan fingerprint density at radius 3 is 2.46 bits per heavy atom. The summed E-state index contributed by atoms with van der Waals surface area (Å²) in [5, 5.41) is 3.44. The minimum Gasteiger partial charge on any atom is -0.497 e. The molecule has 5 heteroatoms. The van der Waals surface area contributed by atoms with Crippen molar-refractivity contribution < 1.29 is 9.53 Å². The Hall–Kier alpha value is -3.34. The van der Waals surface area contributed by atoms with E-state index >= 15 is 0 Å². The summed E-state index contributed by atoms with van der Waals surface area (Å²) in [6.45, 7) is 2.05. The van der Waals surface area contributed by atoms with Gasteiger partial charge < -0.3 is 10.1 Å². The summed E-state index contributed by atoms with van der Waals surface area (Å²) in [4.78, 5) is 19.2. The maximum Gasteiger partial charge on any atom is 0.262 e. The summed E-state index contributed by atoms with van der Waals surface area (Å²) in [5.74, 6) is 0.682. The average Bonchev–Trinajstić information content (AvgIpc) is 2.96. The maximum atomic E-state index is 13.0. The number of fused-ring (bicyclic) bond motifs is 1. The zero-order valence-electron chi connectivity index (χ0n) is 14.6. The number of carbonyl (C=O) groups is 1. The van der Waals surface area contributed by atoms with E-state index in [1.807, 2.05) is 61.5 Å². The third kappa shape index (κ3) is 2.77. The van der Waals surface area contributed by atoms with Crippen LogP contribution in [-0.4, -0.2) is 18.0 Å². The number of aryl methyl sites for hydroxylation is 1. The lowest BCUT2D eigenvalue weighted by Crippen LogP contribution is -2.32. The van der Waals surface area contributed by atoms with E-state index in [0.29, 0.717) is 5.56 Å². The molecular weight excluding hydrogens is 326 g/mol. The Morgan fingerprint density at radius 2 is 1.77 bits per heavy atom. The first kappa shape index (κ1) is 16.1. The van der Waals surface area contributed by atoms with Gasteiger partial charge in [0.15, 0.2) is 6.17 Å². The highest BCUT2D eigenvalue weighted by molar-refractivity contribution is 6.11. The number of hydrogen-bond acceptors (Lipinski definition) is 4. The molecule has 0 saturated heterocycles. The molecule has 1 unspecified atom stereocenters. The molecule has 5 nitrogen and oxygen atoms in total. The summed E-state index contributed by atoms with van der Waals surface area (Å²) in [5.41, 5.74) is 4.26. The number of nitrogens with zero attached hydrogens (tertiary/aromatic N) is 2. The van der Waals surface area contributed by atoms with Crippen LogP contribution in [0.25, 0.3) is 0 Å². The fraction of sp³-hybridized carbons (Fsp3) is 0.143. The van der Waals surface area contributed by atoms with E-state index in [-0.39, 0.29) is 12.1 Å². The molecule has 2 heterocycles. The Morgan fingerprint density at radius 1 is 1.04 bits per heavy atom. The highest BCUT2D eigenvalue weighted by atomic mass is 16.5. The lowest BCUT2D eigenvalue weighted by atomic mass is 10.2. The van der Waals surface area contributed by atoms with E-state index in [2.05, 4.69) is 10.3 Å². The second-order valence-electron chi connectivity index (χ2n) is 6.22. The molecule has 1 aliphatic rings. The number of hydrogen-bond donors (Lipinski definition) is 1. The third-order valence-corrected chi connectivity index (χ3v) is 4.51. The van der Waals surface area contributed by atoms with E-state index < -0.39 is 0 Å². The number of anilines is 2. The normalized spacial score (nSPS) is 15.7. The summed E-state index contributed by atoms with van der Waals surface area (Å²) in [6, 6.07) is 19.2. The molecule has 1 N–H and O–H groups in total. The van der Waals surface area contributed by atoms with Crippen LogP contribution in [-0.2, 0) is 0 Å². The summed E-state index contributed by atoms with van der Waals surface area (Å²) in [7, 11) is 1.62. The molecule has 0 fully saturated rings. The number of pyridine rings is 1. The Kier molecular flexibility index (Phi) is 4.05. The molecule has 4 rings (SSSR count). The van der Waals surface area contributed by atoms with Gasteiger partial charge in [-0.3, -0.25) is 14.7 Å². The van der Waals surface area contributed by atoms with E-state index in [0.717, 1.165) is 22.8 Å². The predicted molar refractivity (Wildman–Crippen MR) is 102 cm³/mol. The fourth-order valence-electron chi connectivity index (χ4n) is 3.14. The molecule has 1 aromatic heterocycles. The monoisotopic (exact) mass is 345 g/mol. The first-order chi connectivity index (χ1) is 12.7. The van der Waals surface area contributed by atoms with Crippen LogP contribution < -0.4 is 15.0 Å². The van der Waals surface area contributed by atoms with E-state index in [1.54, 1.807) is 24.3 Å². The topological polar surface area (TPSA) is 54.5 Å². The van der Waals surface area contributed by atoms with Crippen LogP contribution in [0.3, 0.4) is 0 Å². The van der Waals surface area contributed by atoms with Gasteiger partial charge in [0.2, 0.25) is 0 Å². The maximum absolute atomic E-state index is 13.0. The zero-order chi connectivity index (χ0) is 18.1. The van der Waals surface area contributed by atoms with Crippen LogP contribution in [0.4, 0.5) is 11.4 Å². The molecule has 1 aliphatic heterocycles. The number of amides is 1. The van der Waals surface area contributed by atoms with Gasteiger partial charge in [-0.15, -0.1) is 0 Å². The van der Waals surface area contributed by atoms with Crippen molar-refractivity contribution in [3.8, 4) is 5.75 Å². The van der Waals surface area contributed by atoms with Gasteiger partial charge in [0.1, 0.15) is 5.75 Å². The smallest absolute Gasteiger partial charge is 0.262 e. The molecule has 0 bridgehead atoms. The van der Waals surface area contributed by atoms with Gasteiger partial charge in [-0.25, -0.2) is 0 Å². The highest BCUT2D eigenvalue weighted by Gasteiger charge is 2.38. The Bertz CT molecular complexity index is 936. The zero-order valence-corrected chi connectivity index (χ0v) is 14.6. The molecule has 2 aromatic carbocycles. The highest BCUT2D eigenvalue weighted by Crippen LogP contribution is 2.37. The molecule has 1 amide bonds. The van der Waals surface area contributed by atoms with Crippen molar-refractivity contribution in [3.63, 3.8) is 0 Å². The molecule has 130 valence electrons. The van der Waals surface area contributed by atoms with Crippen molar-refractivity contribution in [2.24, 2.45) is 0 Å². The van der Waals surface area contributed by atoms with Crippen molar-refractivity contribution in [3.05, 3.63) is 83.7 Å². The minimum absolute atomic E-state index is 0.0668. The standard InChI is InChI=1S/C21H19N3O2/c1-14-5-7-15(8-6-14)23-20-19-18(4-3-13-22-19)21(25)24(20)16-9-11-17(26-2)12-10-16/h3-13,20,23H,1-2H3. The molecule has 0 radical (unpaired) electrons. The second kappa shape index (κ2) is 6.52. The van der Waals surface area contributed by atoms with Crippen LogP contribution >= 0.6 is 0 Å². The van der Waals surface area contributed by atoms with Crippen molar-refractivity contribution in [1.29, 1.82) is 0 Å². The molecule has 0 aliphatic carbocycles. The predicted octanol–water partition coefficient (Wildman–Crippen LogP) is 4.17. The van der Waals surface area contributed by atoms with Gasteiger partial charge in [-0.05, 0) is 55.5 Å². The molecule has 0 saturated carbocycles. The van der Waals surface area contributed by atoms with Gasteiger partial charge in [-0.1, -0.05) is 17.7 Å². The summed E-state index contributed by atoms with van der Waals surface area (Å²) >= 11 is 0. The molecule has 26 heavy (non-hydrogen) atoms. The van der Waals surface area contributed by atoms with Gasteiger partial charge >= 0.3 is 0 Å². The lowest BCUT2D eigenvalue weighted by Gasteiger charge is -2.26. The first-order valence-corrected chi connectivity index (χ1v) is 8.43. The fourth-order valence-corrected chi connectivity index (χ4v) is 3.14. The second-order valence-corrected chi connectivity index (χ2v) is 6.22. The number of aromatic nitrogens is 1. The van der Waals surface area contributed by atoms with Gasteiger partial charge in [0.05, 0.1) is 18.4 Å². The number of nitrogens with one attached hydrogen (secondary N) is 1. The van der Waals surface area contributed by atoms with Crippen LogP contribution in [0.1, 0.15) is 27.8 Å². The number of ether oxygens (including phenoxy) is 1. The lowest BCUT2D eigenvalue weighted by molar-refractivity contribution is 0.0993. The largest absolute Gasteiger partial charge is 0.497 e. The number of rotatable bonds is 4. The van der Waals surface area contributed by atoms with Crippen LogP contribution in [0, 0.1) is 6.92 Å². The summed E-state index contributed by atoms with van der Waals surface area (Å²) in [6.07, 6.45) is 1.35. The Labute approximate surface area is 152 Å². The number of methoxy groups -OCH3 is 1.